The van der Waals surface area contributed by atoms with Gasteiger partial charge >= 0.3 is 0 Å². The van der Waals surface area contributed by atoms with Crippen molar-refractivity contribution in [1.29, 1.82) is 0 Å². The molecule has 0 saturated carbocycles. The fraction of sp³-hybridized carbons (Fsp3) is 0.389. The van der Waals surface area contributed by atoms with Gasteiger partial charge in [0.25, 0.3) is 5.91 Å². The van der Waals surface area contributed by atoms with Crippen LogP contribution >= 0.6 is 0 Å². The maximum atomic E-state index is 11.8. The van der Waals surface area contributed by atoms with Crippen molar-refractivity contribution in [3.8, 4) is 5.75 Å². The molecule has 0 bridgehead atoms. The number of hydrogen-bond acceptors (Lipinski definition) is 5. The first kappa shape index (κ1) is 17.9. The van der Waals surface area contributed by atoms with E-state index in [4.69, 9.17) is 4.74 Å². The number of ether oxygens (including phenoxy) is 1. The molecule has 0 fully saturated rings. The van der Waals surface area contributed by atoms with Crippen molar-refractivity contribution in [3.05, 3.63) is 54.6 Å². The van der Waals surface area contributed by atoms with E-state index in [-0.39, 0.29) is 5.91 Å². The zero-order chi connectivity index (χ0) is 16.9. The number of amides is 1. The SMILES string of the molecule is O=C(NCCCCCCNCOc1cccnc1)c1cccnc1. The predicted molar refractivity (Wildman–Crippen MR) is 92.8 cm³/mol. The Balaban J connectivity index is 1.40. The number of carbonyl (C=O) groups excluding carboxylic acids is 1. The Hall–Kier alpha value is -2.47. The van der Waals surface area contributed by atoms with Gasteiger partial charge in [-0.25, -0.2) is 0 Å². The Bertz CT molecular complexity index is 578. The number of unbranched alkanes of at least 4 members (excludes halogenated alkanes) is 3. The Morgan fingerprint density at radius 1 is 0.958 bits per heavy atom. The lowest BCUT2D eigenvalue weighted by atomic mass is 10.2. The molecule has 0 aliphatic rings. The van der Waals surface area contributed by atoms with Crippen LogP contribution in [-0.2, 0) is 0 Å². The van der Waals surface area contributed by atoms with Crippen molar-refractivity contribution in [3.63, 3.8) is 0 Å². The Morgan fingerprint density at radius 3 is 2.42 bits per heavy atom. The van der Waals surface area contributed by atoms with Crippen molar-refractivity contribution >= 4 is 5.91 Å². The summed E-state index contributed by atoms with van der Waals surface area (Å²) < 4.78 is 5.49. The second kappa shape index (κ2) is 11.1. The average molecular weight is 328 g/mol. The molecular formula is C18H24N4O2. The van der Waals surface area contributed by atoms with Crippen molar-refractivity contribution in [2.45, 2.75) is 25.7 Å². The van der Waals surface area contributed by atoms with Gasteiger partial charge in [0.15, 0.2) is 0 Å². The zero-order valence-electron chi connectivity index (χ0n) is 13.8. The average Bonchev–Trinajstić information content (AvgIpc) is 2.64. The van der Waals surface area contributed by atoms with Crippen LogP contribution in [0, 0.1) is 0 Å². The summed E-state index contributed by atoms with van der Waals surface area (Å²) in [5.74, 6) is 0.715. The minimum Gasteiger partial charge on any atom is -0.477 e. The Morgan fingerprint density at radius 2 is 1.71 bits per heavy atom. The van der Waals surface area contributed by atoms with E-state index >= 15 is 0 Å². The van der Waals surface area contributed by atoms with Crippen LogP contribution in [-0.4, -0.2) is 35.7 Å². The van der Waals surface area contributed by atoms with Crippen LogP contribution in [0.4, 0.5) is 0 Å². The topological polar surface area (TPSA) is 76.1 Å². The molecule has 0 aliphatic carbocycles. The molecule has 0 aliphatic heterocycles. The molecule has 128 valence electrons. The van der Waals surface area contributed by atoms with Crippen molar-refractivity contribution in [2.24, 2.45) is 0 Å². The van der Waals surface area contributed by atoms with Gasteiger partial charge in [-0.3, -0.25) is 20.1 Å². The van der Waals surface area contributed by atoms with Crippen LogP contribution in [0.1, 0.15) is 36.0 Å². The lowest BCUT2D eigenvalue weighted by molar-refractivity contribution is 0.0952. The van der Waals surface area contributed by atoms with Crippen LogP contribution in [0.5, 0.6) is 5.75 Å². The number of hydrogen-bond donors (Lipinski definition) is 2. The summed E-state index contributed by atoms with van der Waals surface area (Å²) in [5, 5.41) is 6.15. The molecule has 0 atom stereocenters. The highest BCUT2D eigenvalue weighted by atomic mass is 16.5. The number of nitrogens with zero attached hydrogens (tertiary/aromatic N) is 2. The van der Waals surface area contributed by atoms with Crippen LogP contribution < -0.4 is 15.4 Å². The first-order chi connectivity index (χ1) is 11.9. The minimum absolute atomic E-state index is 0.0580. The van der Waals surface area contributed by atoms with Gasteiger partial charge in [0, 0.05) is 25.1 Å². The smallest absolute Gasteiger partial charge is 0.252 e. The number of pyridine rings is 2. The van der Waals surface area contributed by atoms with E-state index in [1.807, 2.05) is 12.1 Å². The normalized spacial score (nSPS) is 10.3. The largest absolute Gasteiger partial charge is 0.477 e. The molecule has 2 rings (SSSR count). The lowest BCUT2D eigenvalue weighted by Crippen LogP contribution is -2.24. The van der Waals surface area contributed by atoms with E-state index in [0.29, 0.717) is 18.8 Å². The van der Waals surface area contributed by atoms with E-state index in [0.717, 1.165) is 38.0 Å². The van der Waals surface area contributed by atoms with Gasteiger partial charge in [0.1, 0.15) is 12.5 Å². The molecular weight excluding hydrogens is 304 g/mol. The third-order valence-electron chi connectivity index (χ3n) is 3.46. The minimum atomic E-state index is -0.0580. The van der Waals surface area contributed by atoms with E-state index in [2.05, 4.69) is 20.6 Å². The van der Waals surface area contributed by atoms with Gasteiger partial charge in [0.2, 0.25) is 0 Å². The number of aromatic nitrogens is 2. The maximum absolute atomic E-state index is 11.8. The second-order valence-corrected chi connectivity index (χ2v) is 5.39. The zero-order valence-corrected chi connectivity index (χ0v) is 13.8. The quantitative estimate of drug-likeness (QED) is 0.489. The molecule has 0 spiro atoms. The van der Waals surface area contributed by atoms with Gasteiger partial charge < -0.3 is 10.1 Å². The van der Waals surface area contributed by atoms with Crippen LogP contribution in [0.15, 0.2) is 49.1 Å². The Kier molecular flexibility index (Phi) is 8.29. The van der Waals surface area contributed by atoms with E-state index in [1.165, 1.54) is 0 Å². The summed E-state index contributed by atoms with van der Waals surface area (Å²) in [4.78, 5) is 19.7. The lowest BCUT2D eigenvalue weighted by Gasteiger charge is -2.07. The monoisotopic (exact) mass is 328 g/mol. The standard InChI is InChI=1S/C18H24N4O2/c23-18(16-7-5-10-19-13-16)22-12-4-2-1-3-9-21-15-24-17-8-6-11-20-14-17/h5-8,10-11,13-14,21H,1-4,9,12,15H2,(H,22,23). The molecule has 0 radical (unpaired) electrons. The molecule has 0 aromatic carbocycles. The van der Waals surface area contributed by atoms with Gasteiger partial charge in [-0.05, 0) is 43.7 Å². The third-order valence-corrected chi connectivity index (χ3v) is 3.46. The summed E-state index contributed by atoms with van der Waals surface area (Å²) in [6.07, 6.45) is 11.0. The highest BCUT2D eigenvalue weighted by molar-refractivity contribution is 5.93. The fourth-order valence-electron chi connectivity index (χ4n) is 2.17. The molecule has 1 amide bonds. The van der Waals surface area contributed by atoms with Gasteiger partial charge in [0.05, 0.1) is 11.8 Å². The van der Waals surface area contributed by atoms with Gasteiger partial charge in [-0.2, -0.15) is 0 Å². The maximum Gasteiger partial charge on any atom is 0.252 e. The summed E-state index contributed by atoms with van der Waals surface area (Å²) in [5.41, 5.74) is 0.607. The van der Waals surface area contributed by atoms with E-state index < -0.39 is 0 Å². The van der Waals surface area contributed by atoms with Crippen molar-refractivity contribution in [1.82, 2.24) is 20.6 Å². The summed E-state index contributed by atoms with van der Waals surface area (Å²) >= 11 is 0. The van der Waals surface area contributed by atoms with Crippen molar-refractivity contribution < 1.29 is 9.53 Å². The molecule has 24 heavy (non-hydrogen) atoms. The van der Waals surface area contributed by atoms with Crippen LogP contribution in [0.25, 0.3) is 0 Å². The number of carbonyl (C=O) groups is 1. The van der Waals surface area contributed by atoms with Crippen LogP contribution in [0.2, 0.25) is 0 Å². The molecule has 0 saturated heterocycles. The molecule has 2 N–H and O–H groups in total. The molecule has 2 heterocycles. The van der Waals surface area contributed by atoms with E-state index in [9.17, 15) is 4.79 Å². The fourth-order valence-corrected chi connectivity index (χ4v) is 2.17. The molecule has 2 aromatic rings. The Labute approximate surface area is 142 Å². The molecule has 0 unspecified atom stereocenters. The third kappa shape index (κ3) is 7.19. The van der Waals surface area contributed by atoms with Crippen molar-refractivity contribution in [2.75, 3.05) is 19.8 Å². The highest BCUT2D eigenvalue weighted by Gasteiger charge is 2.03. The first-order valence-electron chi connectivity index (χ1n) is 8.28. The van der Waals surface area contributed by atoms with Gasteiger partial charge in [-0.15, -0.1) is 0 Å². The number of rotatable bonds is 11. The molecule has 6 heteroatoms. The molecule has 2 aromatic heterocycles. The summed E-state index contributed by atoms with van der Waals surface area (Å²) in [7, 11) is 0. The number of nitrogens with one attached hydrogen (secondary N) is 2. The first-order valence-corrected chi connectivity index (χ1v) is 8.28. The van der Waals surface area contributed by atoms with Crippen LogP contribution in [0.3, 0.4) is 0 Å². The second-order valence-electron chi connectivity index (χ2n) is 5.39. The predicted octanol–water partition coefficient (Wildman–Crippen LogP) is 2.39. The van der Waals surface area contributed by atoms with Gasteiger partial charge in [-0.1, -0.05) is 12.8 Å². The summed E-state index contributed by atoms with van der Waals surface area (Å²) in [6, 6.07) is 7.26. The highest BCUT2D eigenvalue weighted by Crippen LogP contribution is 2.05. The molecule has 6 nitrogen and oxygen atoms in total. The summed E-state index contributed by atoms with van der Waals surface area (Å²) in [6.45, 7) is 2.11. The van der Waals surface area contributed by atoms with E-state index in [1.54, 1.807) is 36.9 Å².